The van der Waals surface area contributed by atoms with Crippen LogP contribution in [0, 0.1) is 0 Å². The molecule has 1 saturated heterocycles. The molecule has 0 radical (unpaired) electrons. The molecule has 2 amide bonds. The van der Waals surface area contributed by atoms with E-state index in [4.69, 9.17) is 20.8 Å². The van der Waals surface area contributed by atoms with E-state index >= 15 is 0 Å². The predicted molar refractivity (Wildman–Crippen MR) is 110 cm³/mol. The Morgan fingerprint density at radius 1 is 1.10 bits per heavy atom. The summed E-state index contributed by atoms with van der Waals surface area (Å²) in [5.74, 6) is 0.973. The summed E-state index contributed by atoms with van der Waals surface area (Å²) < 4.78 is 10.8. The van der Waals surface area contributed by atoms with Gasteiger partial charge in [-0.3, -0.25) is 14.5 Å². The lowest BCUT2D eigenvalue weighted by Gasteiger charge is -2.34. The van der Waals surface area contributed by atoms with E-state index in [9.17, 15) is 9.59 Å². The van der Waals surface area contributed by atoms with Crippen LogP contribution in [0.4, 0.5) is 0 Å². The van der Waals surface area contributed by atoms with E-state index in [0.29, 0.717) is 31.0 Å². The molecule has 0 spiro atoms. The quantitative estimate of drug-likeness (QED) is 0.632. The van der Waals surface area contributed by atoms with E-state index < -0.39 is 0 Å². The van der Waals surface area contributed by atoms with Gasteiger partial charge in [0, 0.05) is 50.7 Å². The Balaban J connectivity index is 1.26. The van der Waals surface area contributed by atoms with Gasteiger partial charge in [0.1, 0.15) is 12.4 Å². The molecule has 1 N–H and O–H groups in total. The second-order valence-electron chi connectivity index (χ2n) is 6.86. The van der Waals surface area contributed by atoms with Crippen molar-refractivity contribution in [1.82, 2.24) is 15.1 Å². The zero-order chi connectivity index (χ0) is 20.5. The summed E-state index contributed by atoms with van der Waals surface area (Å²) in [6.45, 7) is 4.99. The van der Waals surface area contributed by atoms with Gasteiger partial charge in [-0.15, -0.1) is 0 Å². The van der Waals surface area contributed by atoms with Gasteiger partial charge < -0.3 is 19.4 Å². The van der Waals surface area contributed by atoms with Crippen molar-refractivity contribution in [2.75, 3.05) is 45.9 Å². The molecular weight excluding hydrogens is 394 g/mol. The van der Waals surface area contributed by atoms with E-state index in [0.717, 1.165) is 38.5 Å². The van der Waals surface area contributed by atoms with Crippen LogP contribution >= 0.6 is 11.6 Å². The third-order valence-electron chi connectivity index (χ3n) is 4.81. The summed E-state index contributed by atoms with van der Waals surface area (Å²) in [6.07, 6.45) is 2.50. The number of nitrogens with one attached hydrogen (secondary N) is 1. The van der Waals surface area contributed by atoms with Gasteiger partial charge in [-0.2, -0.15) is 0 Å². The number of furan rings is 1. The lowest BCUT2D eigenvalue weighted by atomic mass is 10.2. The topological polar surface area (TPSA) is 75.0 Å². The minimum absolute atomic E-state index is 0.134. The second kappa shape index (κ2) is 10.9. The van der Waals surface area contributed by atoms with Crippen molar-refractivity contribution in [3.05, 3.63) is 53.4 Å². The number of nitrogens with zero attached hydrogens (tertiary/aromatic N) is 2. The van der Waals surface area contributed by atoms with E-state index in [1.54, 1.807) is 12.1 Å². The molecular formula is C21H26ClN3O4. The first-order chi connectivity index (χ1) is 14.1. The predicted octanol–water partition coefficient (Wildman–Crippen LogP) is 2.67. The number of amides is 2. The van der Waals surface area contributed by atoms with E-state index in [-0.39, 0.29) is 17.6 Å². The van der Waals surface area contributed by atoms with Crippen LogP contribution < -0.4 is 10.1 Å². The van der Waals surface area contributed by atoms with Crippen LogP contribution in [0.3, 0.4) is 0 Å². The lowest BCUT2D eigenvalue weighted by Crippen LogP contribution is -2.49. The summed E-state index contributed by atoms with van der Waals surface area (Å²) >= 11 is 5.86. The number of ether oxygens (including phenoxy) is 1. The number of rotatable bonds is 9. The van der Waals surface area contributed by atoms with Gasteiger partial charge in [-0.1, -0.05) is 11.6 Å². The van der Waals surface area contributed by atoms with Crippen LogP contribution in [-0.4, -0.2) is 67.5 Å². The van der Waals surface area contributed by atoms with Crippen molar-refractivity contribution in [3.8, 4) is 5.75 Å². The molecule has 1 aliphatic rings. The molecule has 0 saturated carbocycles. The molecule has 29 heavy (non-hydrogen) atoms. The van der Waals surface area contributed by atoms with Gasteiger partial charge in [-0.25, -0.2) is 0 Å². The fraction of sp³-hybridized carbons (Fsp3) is 0.429. The number of carbonyl (C=O) groups is 2. The zero-order valence-corrected chi connectivity index (χ0v) is 17.1. The highest BCUT2D eigenvalue weighted by Crippen LogP contribution is 2.15. The maximum Gasteiger partial charge on any atom is 0.286 e. The summed E-state index contributed by atoms with van der Waals surface area (Å²) in [5.41, 5.74) is 0. The fourth-order valence-electron chi connectivity index (χ4n) is 3.14. The van der Waals surface area contributed by atoms with E-state index in [1.807, 2.05) is 29.2 Å². The summed E-state index contributed by atoms with van der Waals surface area (Å²) in [4.78, 5) is 28.3. The molecule has 1 aromatic heterocycles. The number of carbonyl (C=O) groups excluding carboxylic acids is 2. The Hall–Kier alpha value is -2.51. The number of halogens is 1. The van der Waals surface area contributed by atoms with Gasteiger partial charge in [0.15, 0.2) is 5.76 Å². The van der Waals surface area contributed by atoms with Crippen molar-refractivity contribution in [3.63, 3.8) is 0 Å². The van der Waals surface area contributed by atoms with Crippen molar-refractivity contribution in [1.29, 1.82) is 0 Å². The molecule has 2 aromatic rings. The Morgan fingerprint density at radius 3 is 2.55 bits per heavy atom. The van der Waals surface area contributed by atoms with Crippen molar-refractivity contribution in [2.45, 2.75) is 12.8 Å². The maximum absolute atomic E-state index is 12.3. The normalized spacial score (nSPS) is 14.6. The summed E-state index contributed by atoms with van der Waals surface area (Å²) in [7, 11) is 0. The average Bonchev–Trinajstić information content (AvgIpc) is 3.28. The van der Waals surface area contributed by atoms with Gasteiger partial charge in [0.2, 0.25) is 5.91 Å². The Morgan fingerprint density at radius 2 is 1.86 bits per heavy atom. The van der Waals surface area contributed by atoms with Crippen LogP contribution in [0.25, 0.3) is 0 Å². The standard InChI is InChI=1S/C21H26ClN3O4/c22-17-5-7-18(8-6-17)28-16-14-24-10-12-25(13-11-24)20(26)4-1-9-23-21(27)19-3-2-15-29-19/h2-3,5-8,15H,1,4,9-14,16H2,(H,23,27). The van der Waals surface area contributed by atoms with Crippen LogP contribution in [0.15, 0.2) is 47.1 Å². The van der Waals surface area contributed by atoms with Crippen molar-refractivity contribution >= 4 is 23.4 Å². The molecule has 8 heteroatoms. The first-order valence-corrected chi connectivity index (χ1v) is 10.2. The number of benzene rings is 1. The van der Waals surface area contributed by atoms with Crippen molar-refractivity contribution < 1.29 is 18.7 Å². The minimum Gasteiger partial charge on any atom is -0.492 e. The molecule has 7 nitrogen and oxygen atoms in total. The number of piperazine rings is 1. The monoisotopic (exact) mass is 419 g/mol. The second-order valence-corrected chi connectivity index (χ2v) is 7.30. The van der Waals surface area contributed by atoms with Gasteiger partial charge >= 0.3 is 0 Å². The summed E-state index contributed by atoms with van der Waals surface area (Å²) in [5, 5.41) is 3.45. The molecule has 0 aliphatic carbocycles. The zero-order valence-electron chi connectivity index (χ0n) is 16.3. The molecule has 2 heterocycles. The first-order valence-electron chi connectivity index (χ1n) is 9.82. The average molecular weight is 420 g/mol. The Labute approximate surface area is 175 Å². The van der Waals surface area contributed by atoms with Gasteiger partial charge in [0.25, 0.3) is 5.91 Å². The first kappa shape index (κ1) is 21.2. The van der Waals surface area contributed by atoms with Crippen LogP contribution in [-0.2, 0) is 4.79 Å². The molecule has 1 aliphatic heterocycles. The smallest absolute Gasteiger partial charge is 0.286 e. The Kier molecular flexibility index (Phi) is 7.95. The minimum atomic E-state index is -0.253. The highest BCUT2D eigenvalue weighted by Gasteiger charge is 2.20. The lowest BCUT2D eigenvalue weighted by molar-refractivity contribution is -0.133. The van der Waals surface area contributed by atoms with Crippen molar-refractivity contribution in [2.24, 2.45) is 0 Å². The molecule has 0 bridgehead atoms. The van der Waals surface area contributed by atoms with Crippen LogP contribution in [0.5, 0.6) is 5.75 Å². The van der Waals surface area contributed by atoms with E-state index in [2.05, 4.69) is 10.2 Å². The fourth-order valence-corrected chi connectivity index (χ4v) is 3.26. The molecule has 0 unspecified atom stereocenters. The van der Waals surface area contributed by atoms with E-state index in [1.165, 1.54) is 6.26 Å². The highest BCUT2D eigenvalue weighted by atomic mass is 35.5. The largest absolute Gasteiger partial charge is 0.492 e. The van der Waals surface area contributed by atoms with Gasteiger partial charge in [-0.05, 0) is 42.8 Å². The molecule has 1 fully saturated rings. The highest BCUT2D eigenvalue weighted by molar-refractivity contribution is 6.30. The van der Waals surface area contributed by atoms with Gasteiger partial charge in [0.05, 0.1) is 6.26 Å². The van der Waals surface area contributed by atoms with Crippen LogP contribution in [0.1, 0.15) is 23.4 Å². The SMILES string of the molecule is O=C(NCCCC(=O)N1CCN(CCOc2ccc(Cl)cc2)CC1)c1ccco1. The number of hydrogen-bond donors (Lipinski definition) is 1. The molecule has 0 atom stereocenters. The molecule has 1 aromatic carbocycles. The molecule has 156 valence electrons. The third-order valence-corrected chi connectivity index (χ3v) is 5.06. The maximum atomic E-state index is 12.3. The number of hydrogen-bond acceptors (Lipinski definition) is 5. The summed E-state index contributed by atoms with van der Waals surface area (Å²) in [6, 6.07) is 10.6. The van der Waals surface area contributed by atoms with Crippen LogP contribution in [0.2, 0.25) is 5.02 Å². The molecule has 3 rings (SSSR count). The third kappa shape index (κ3) is 6.80. The Bertz CT molecular complexity index is 772.